The smallest absolute Gasteiger partial charge is 0.307 e. The lowest BCUT2D eigenvalue weighted by Crippen LogP contribution is -2.17. The molecule has 0 aliphatic rings. The highest BCUT2D eigenvalue weighted by molar-refractivity contribution is 5.77. The first-order valence-corrected chi connectivity index (χ1v) is 6.10. The Balaban J connectivity index is 2.42. The highest BCUT2D eigenvalue weighted by Crippen LogP contribution is 2.17. The highest BCUT2D eigenvalue weighted by Gasteiger charge is 2.20. The number of carbonyl (C=O) groups is 2. The van der Waals surface area contributed by atoms with Gasteiger partial charge in [-0.25, -0.2) is 0 Å². The number of methoxy groups -OCH3 is 1. The van der Waals surface area contributed by atoms with Crippen LogP contribution in [0.2, 0.25) is 0 Å². The second-order valence-corrected chi connectivity index (χ2v) is 4.37. The molecular weight excluding hydrogens is 248 g/mol. The average molecular weight is 266 g/mol. The van der Waals surface area contributed by atoms with Gasteiger partial charge >= 0.3 is 11.9 Å². The topological polar surface area (TPSA) is 83.8 Å². The second-order valence-electron chi connectivity index (χ2n) is 4.37. The summed E-state index contributed by atoms with van der Waals surface area (Å²) in [5.41, 5.74) is 1.08. The van der Waals surface area contributed by atoms with Crippen molar-refractivity contribution in [2.45, 2.75) is 25.7 Å². The fraction of sp³-hybridized carbons (Fsp3) is 0.429. The van der Waals surface area contributed by atoms with Crippen molar-refractivity contribution in [3.8, 4) is 5.75 Å². The van der Waals surface area contributed by atoms with Crippen molar-refractivity contribution >= 4 is 11.9 Å². The van der Waals surface area contributed by atoms with Crippen LogP contribution in [0, 0.1) is 5.92 Å². The first kappa shape index (κ1) is 15.0. The van der Waals surface area contributed by atoms with Crippen molar-refractivity contribution < 1.29 is 24.5 Å². The maximum atomic E-state index is 10.9. The van der Waals surface area contributed by atoms with Crippen molar-refractivity contribution in [1.82, 2.24) is 0 Å². The monoisotopic (exact) mass is 266 g/mol. The van der Waals surface area contributed by atoms with E-state index < -0.39 is 17.9 Å². The van der Waals surface area contributed by atoms with Crippen LogP contribution in [-0.2, 0) is 16.0 Å². The summed E-state index contributed by atoms with van der Waals surface area (Å²) >= 11 is 0. The number of hydrogen-bond acceptors (Lipinski definition) is 3. The molecule has 5 heteroatoms. The molecule has 0 spiro atoms. The van der Waals surface area contributed by atoms with Gasteiger partial charge in [-0.2, -0.15) is 0 Å². The van der Waals surface area contributed by atoms with E-state index in [0.717, 1.165) is 17.7 Å². The fourth-order valence-corrected chi connectivity index (χ4v) is 1.87. The SMILES string of the molecule is COc1ccc(CCCC(CC(=O)O)C(=O)O)cc1. The molecule has 19 heavy (non-hydrogen) atoms. The Bertz CT molecular complexity index is 424. The molecule has 5 nitrogen and oxygen atoms in total. The number of carboxylic acid groups (broad SMARTS) is 2. The van der Waals surface area contributed by atoms with Crippen molar-refractivity contribution in [3.63, 3.8) is 0 Å². The summed E-state index contributed by atoms with van der Waals surface area (Å²) in [6, 6.07) is 7.54. The lowest BCUT2D eigenvalue weighted by molar-refractivity contribution is -0.148. The minimum atomic E-state index is -1.07. The van der Waals surface area contributed by atoms with E-state index >= 15 is 0 Å². The number of ether oxygens (including phenoxy) is 1. The molecule has 0 aromatic heterocycles. The van der Waals surface area contributed by atoms with Crippen molar-refractivity contribution in [3.05, 3.63) is 29.8 Å². The summed E-state index contributed by atoms with van der Waals surface area (Å²) in [5, 5.41) is 17.5. The van der Waals surface area contributed by atoms with Crippen LogP contribution in [-0.4, -0.2) is 29.3 Å². The zero-order valence-electron chi connectivity index (χ0n) is 10.8. The molecule has 0 fully saturated rings. The second kappa shape index (κ2) is 7.41. The fourth-order valence-electron chi connectivity index (χ4n) is 1.87. The quantitative estimate of drug-likeness (QED) is 0.753. The normalized spacial score (nSPS) is 11.8. The van der Waals surface area contributed by atoms with Crippen LogP contribution in [0.1, 0.15) is 24.8 Å². The first-order chi connectivity index (χ1) is 9.02. The Morgan fingerprint density at radius 3 is 2.32 bits per heavy atom. The van der Waals surface area contributed by atoms with Crippen LogP contribution in [0.25, 0.3) is 0 Å². The molecule has 2 N–H and O–H groups in total. The largest absolute Gasteiger partial charge is 0.497 e. The van der Waals surface area contributed by atoms with Crippen LogP contribution in [0.15, 0.2) is 24.3 Å². The van der Waals surface area contributed by atoms with Crippen LogP contribution >= 0.6 is 0 Å². The van der Waals surface area contributed by atoms with Gasteiger partial charge in [-0.05, 0) is 37.0 Å². The molecule has 0 heterocycles. The summed E-state index contributed by atoms with van der Waals surface area (Å²) in [5.74, 6) is -2.15. The lowest BCUT2D eigenvalue weighted by atomic mass is 9.97. The number of aliphatic carboxylic acids is 2. The third-order valence-corrected chi connectivity index (χ3v) is 2.95. The van der Waals surface area contributed by atoms with Crippen LogP contribution in [0.3, 0.4) is 0 Å². The van der Waals surface area contributed by atoms with Gasteiger partial charge in [0.1, 0.15) is 5.75 Å². The van der Waals surface area contributed by atoms with Gasteiger partial charge < -0.3 is 14.9 Å². The van der Waals surface area contributed by atoms with Gasteiger partial charge in [0, 0.05) is 0 Å². The van der Waals surface area contributed by atoms with Crippen molar-refractivity contribution in [2.75, 3.05) is 7.11 Å². The Labute approximate surface area is 111 Å². The third kappa shape index (κ3) is 5.42. The molecule has 1 aromatic rings. The third-order valence-electron chi connectivity index (χ3n) is 2.95. The zero-order chi connectivity index (χ0) is 14.3. The summed E-state index contributed by atoms with van der Waals surface area (Å²) in [6.45, 7) is 0. The summed E-state index contributed by atoms with van der Waals surface area (Å²) in [6.07, 6.45) is 1.43. The Kier molecular flexibility index (Phi) is 5.85. The standard InChI is InChI=1S/C14H18O5/c1-19-12-7-5-10(6-8-12)3-2-4-11(14(17)18)9-13(15)16/h5-8,11H,2-4,9H2,1H3,(H,15,16)(H,17,18). The van der Waals surface area contributed by atoms with Crippen molar-refractivity contribution in [1.29, 1.82) is 0 Å². The molecule has 0 radical (unpaired) electrons. The number of carboxylic acids is 2. The molecule has 0 saturated heterocycles. The molecule has 1 rings (SSSR count). The van der Waals surface area contributed by atoms with Gasteiger partial charge in [0.05, 0.1) is 19.4 Å². The zero-order valence-corrected chi connectivity index (χ0v) is 10.8. The number of rotatable bonds is 8. The Hall–Kier alpha value is -2.04. The molecule has 0 saturated carbocycles. The molecule has 0 bridgehead atoms. The van der Waals surface area contributed by atoms with E-state index in [9.17, 15) is 9.59 Å². The number of hydrogen-bond donors (Lipinski definition) is 2. The predicted octanol–water partition coefficient (Wildman–Crippen LogP) is 2.19. The van der Waals surface area contributed by atoms with Gasteiger partial charge in [0.25, 0.3) is 0 Å². The van der Waals surface area contributed by atoms with Gasteiger partial charge in [0.2, 0.25) is 0 Å². The molecule has 0 aliphatic carbocycles. The van der Waals surface area contributed by atoms with Crippen LogP contribution in [0.4, 0.5) is 0 Å². The number of benzene rings is 1. The molecular formula is C14H18O5. The predicted molar refractivity (Wildman–Crippen MR) is 69.3 cm³/mol. The van der Waals surface area contributed by atoms with E-state index in [-0.39, 0.29) is 6.42 Å². The highest BCUT2D eigenvalue weighted by atomic mass is 16.5. The molecule has 1 atom stereocenters. The van der Waals surface area contributed by atoms with Gasteiger partial charge in [0.15, 0.2) is 0 Å². The first-order valence-electron chi connectivity index (χ1n) is 6.10. The number of aryl methyl sites for hydroxylation is 1. The van der Waals surface area contributed by atoms with Gasteiger partial charge in [-0.3, -0.25) is 9.59 Å². The Morgan fingerprint density at radius 1 is 1.21 bits per heavy atom. The van der Waals surface area contributed by atoms with E-state index in [0.29, 0.717) is 12.8 Å². The summed E-state index contributed by atoms with van der Waals surface area (Å²) in [4.78, 5) is 21.4. The van der Waals surface area contributed by atoms with Crippen LogP contribution in [0.5, 0.6) is 5.75 Å². The van der Waals surface area contributed by atoms with Gasteiger partial charge in [-0.1, -0.05) is 12.1 Å². The van der Waals surface area contributed by atoms with E-state index in [1.54, 1.807) is 7.11 Å². The molecule has 0 amide bonds. The van der Waals surface area contributed by atoms with E-state index in [1.807, 2.05) is 24.3 Å². The minimum absolute atomic E-state index is 0.321. The van der Waals surface area contributed by atoms with E-state index in [2.05, 4.69) is 0 Å². The van der Waals surface area contributed by atoms with Crippen LogP contribution < -0.4 is 4.74 Å². The molecule has 104 valence electrons. The summed E-state index contributed by atoms with van der Waals surface area (Å²) in [7, 11) is 1.60. The molecule has 1 aromatic carbocycles. The maximum absolute atomic E-state index is 10.9. The van der Waals surface area contributed by atoms with E-state index in [1.165, 1.54) is 0 Å². The van der Waals surface area contributed by atoms with Gasteiger partial charge in [-0.15, -0.1) is 0 Å². The Morgan fingerprint density at radius 2 is 1.84 bits per heavy atom. The molecule has 0 aliphatic heterocycles. The minimum Gasteiger partial charge on any atom is -0.497 e. The lowest BCUT2D eigenvalue weighted by Gasteiger charge is -2.09. The average Bonchev–Trinajstić information content (AvgIpc) is 2.37. The molecule has 1 unspecified atom stereocenters. The maximum Gasteiger partial charge on any atom is 0.307 e. The summed E-state index contributed by atoms with van der Waals surface area (Å²) < 4.78 is 5.04. The van der Waals surface area contributed by atoms with Crippen molar-refractivity contribution in [2.24, 2.45) is 5.92 Å². The van der Waals surface area contributed by atoms with E-state index in [4.69, 9.17) is 14.9 Å².